The van der Waals surface area contributed by atoms with E-state index in [1.165, 1.54) is 13.3 Å². The molecule has 124 valence electrons. The smallest absolute Gasteiger partial charge is 0.330 e. The van der Waals surface area contributed by atoms with Crippen LogP contribution in [0.25, 0.3) is 0 Å². The van der Waals surface area contributed by atoms with Gasteiger partial charge in [0, 0.05) is 25.9 Å². The number of H-pyrrole nitrogens is 1. The monoisotopic (exact) mass is 317 g/mol. The molecule has 22 heavy (non-hydrogen) atoms. The van der Waals surface area contributed by atoms with Gasteiger partial charge in [-0.1, -0.05) is 0 Å². The predicted molar refractivity (Wildman–Crippen MR) is 73.1 cm³/mol. The number of hydrogen-bond acceptors (Lipinski definition) is 8. The van der Waals surface area contributed by atoms with Crippen molar-refractivity contribution in [1.29, 1.82) is 0 Å². The molecule has 0 spiro atoms. The van der Waals surface area contributed by atoms with Crippen molar-refractivity contribution in [3.05, 3.63) is 33.1 Å². The second kappa shape index (κ2) is 6.69. The van der Waals surface area contributed by atoms with Crippen molar-refractivity contribution in [3.63, 3.8) is 0 Å². The van der Waals surface area contributed by atoms with Crippen molar-refractivity contribution in [2.75, 3.05) is 26.9 Å². The molecule has 2 heterocycles. The van der Waals surface area contributed by atoms with Crippen molar-refractivity contribution >= 4 is 0 Å². The summed E-state index contributed by atoms with van der Waals surface area (Å²) in [5.41, 5.74) is 4.04. The van der Waals surface area contributed by atoms with E-state index in [2.05, 4.69) is 4.98 Å². The average molecular weight is 317 g/mol. The van der Waals surface area contributed by atoms with Crippen LogP contribution in [0.15, 0.2) is 21.9 Å². The maximum absolute atomic E-state index is 11.9. The standard InChI is InChI=1S/C12H19N3O7/c1-20-8-9(18)12(6-16,21-5-3-13)22-10(8)15-4-2-7(17)14-11(15)19/h2,4,8-10,16,18H,3,5-6,13H2,1H3,(H,14,17,19)/t8?,9?,10?,12-/m1/s1. The number of aliphatic hydroxyl groups is 2. The largest absolute Gasteiger partial charge is 0.391 e. The second-order valence-corrected chi connectivity index (χ2v) is 4.78. The number of aromatic nitrogens is 2. The lowest BCUT2D eigenvalue weighted by atomic mass is 10.1. The number of aliphatic hydroxyl groups excluding tert-OH is 2. The van der Waals surface area contributed by atoms with Crippen molar-refractivity contribution in [1.82, 2.24) is 9.55 Å². The van der Waals surface area contributed by atoms with Crippen molar-refractivity contribution in [2.24, 2.45) is 5.73 Å². The summed E-state index contributed by atoms with van der Waals surface area (Å²) in [6, 6.07) is 1.13. The molecule has 3 unspecified atom stereocenters. The minimum atomic E-state index is -1.76. The summed E-state index contributed by atoms with van der Waals surface area (Å²) in [7, 11) is 1.32. The van der Waals surface area contributed by atoms with Crippen LogP contribution in [0.1, 0.15) is 6.23 Å². The van der Waals surface area contributed by atoms with Gasteiger partial charge >= 0.3 is 5.69 Å². The van der Waals surface area contributed by atoms with Gasteiger partial charge in [-0.05, 0) is 0 Å². The normalized spacial score (nSPS) is 31.5. The summed E-state index contributed by atoms with van der Waals surface area (Å²) in [6.07, 6.45) is -2.23. The summed E-state index contributed by atoms with van der Waals surface area (Å²) in [5, 5.41) is 19.9. The Bertz CT molecular complexity index is 615. The van der Waals surface area contributed by atoms with Crippen molar-refractivity contribution in [3.8, 4) is 0 Å². The lowest BCUT2D eigenvalue weighted by molar-refractivity contribution is -0.280. The Morgan fingerprint density at radius 2 is 2.27 bits per heavy atom. The molecule has 0 aliphatic carbocycles. The number of nitrogens with two attached hydrogens (primary N) is 1. The van der Waals surface area contributed by atoms with E-state index in [9.17, 15) is 19.8 Å². The molecule has 1 aliphatic heterocycles. The third-order valence-electron chi connectivity index (χ3n) is 3.45. The van der Waals surface area contributed by atoms with Crippen LogP contribution in [0.3, 0.4) is 0 Å². The van der Waals surface area contributed by atoms with Crippen LogP contribution in [0.4, 0.5) is 0 Å². The zero-order valence-electron chi connectivity index (χ0n) is 12.0. The van der Waals surface area contributed by atoms with Crippen molar-refractivity contribution < 1.29 is 24.4 Å². The van der Waals surface area contributed by atoms with Gasteiger partial charge in [0.2, 0.25) is 5.79 Å². The number of nitrogens with zero attached hydrogens (tertiary/aromatic N) is 1. The molecule has 1 aromatic rings. The van der Waals surface area contributed by atoms with E-state index in [0.29, 0.717) is 0 Å². The van der Waals surface area contributed by atoms with Crippen molar-refractivity contribution in [2.45, 2.75) is 24.2 Å². The molecule has 2 rings (SSSR count). The fourth-order valence-electron chi connectivity index (χ4n) is 2.36. The Morgan fingerprint density at radius 3 is 2.82 bits per heavy atom. The van der Waals surface area contributed by atoms with E-state index in [4.69, 9.17) is 19.9 Å². The fourth-order valence-corrected chi connectivity index (χ4v) is 2.36. The van der Waals surface area contributed by atoms with Gasteiger partial charge in [0.1, 0.15) is 18.8 Å². The van der Waals surface area contributed by atoms with Crippen LogP contribution in [0.2, 0.25) is 0 Å². The van der Waals surface area contributed by atoms with Crippen LogP contribution >= 0.6 is 0 Å². The maximum atomic E-state index is 11.9. The summed E-state index contributed by atoms with van der Waals surface area (Å²) >= 11 is 0. The van der Waals surface area contributed by atoms with E-state index in [0.717, 1.165) is 10.6 Å². The summed E-state index contributed by atoms with van der Waals surface area (Å²) < 4.78 is 17.1. The van der Waals surface area contributed by atoms with Gasteiger partial charge < -0.3 is 30.2 Å². The zero-order chi connectivity index (χ0) is 16.3. The number of rotatable bonds is 6. The van der Waals surface area contributed by atoms with E-state index in [1.807, 2.05) is 0 Å². The summed E-state index contributed by atoms with van der Waals surface area (Å²) in [4.78, 5) is 25.1. The number of methoxy groups -OCH3 is 1. The lowest BCUT2D eigenvalue weighted by Crippen LogP contribution is -2.49. The molecule has 0 saturated carbocycles. The molecule has 10 nitrogen and oxygen atoms in total. The van der Waals surface area contributed by atoms with Gasteiger partial charge in [-0.25, -0.2) is 4.79 Å². The first-order valence-corrected chi connectivity index (χ1v) is 6.64. The number of nitrogens with one attached hydrogen (secondary N) is 1. The van der Waals surface area contributed by atoms with E-state index < -0.39 is 42.1 Å². The molecular weight excluding hydrogens is 298 g/mol. The quantitative estimate of drug-likeness (QED) is 0.437. The van der Waals surface area contributed by atoms with E-state index in [1.54, 1.807) is 0 Å². The molecule has 1 aromatic heterocycles. The van der Waals surface area contributed by atoms with E-state index >= 15 is 0 Å². The Labute approximate surface area is 125 Å². The molecular formula is C12H19N3O7. The highest BCUT2D eigenvalue weighted by atomic mass is 16.7. The Balaban J connectivity index is 2.39. The van der Waals surface area contributed by atoms with Crippen LogP contribution in [-0.4, -0.2) is 64.6 Å². The van der Waals surface area contributed by atoms with Crippen LogP contribution < -0.4 is 17.0 Å². The van der Waals surface area contributed by atoms with Crippen LogP contribution in [0, 0.1) is 0 Å². The lowest BCUT2D eigenvalue weighted by Gasteiger charge is -2.29. The molecule has 0 aromatic carbocycles. The molecule has 4 atom stereocenters. The Morgan fingerprint density at radius 1 is 1.55 bits per heavy atom. The highest BCUT2D eigenvalue weighted by Crippen LogP contribution is 2.38. The molecule has 0 radical (unpaired) electrons. The molecule has 0 amide bonds. The zero-order valence-corrected chi connectivity index (χ0v) is 12.0. The van der Waals surface area contributed by atoms with Crippen LogP contribution in [0.5, 0.6) is 0 Å². The van der Waals surface area contributed by atoms with Gasteiger partial charge in [0.05, 0.1) is 6.61 Å². The molecule has 5 N–H and O–H groups in total. The van der Waals surface area contributed by atoms with Gasteiger partial charge in [0.15, 0.2) is 6.23 Å². The van der Waals surface area contributed by atoms with Gasteiger partial charge in [-0.15, -0.1) is 0 Å². The van der Waals surface area contributed by atoms with E-state index in [-0.39, 0.29) is 13.2 Å². The SMILES string of the molecule is COC1C(n2ccc(=O)[nH]c2=O)O[C@@](CO)(OCCN)C1O. The number of aromatic amines is 1. The second-order valence-electron chi connectivity index (χ2n) is 4.78. The first-order chi connectivity index (χ1) is 10.5. The van der Waals surface area contributed by atoms with Gasteiger partial charge in [-0.2, -0.15) is 0 Å². The molecule has 1 aliphatic rings. The molecule has 1 fully saturated rings. The van der Waals surface area contributed by atoms with Gasteiger partial charge in [0.25, 0.3) is 5.56 Å². The van der Waals surface area contributed by atoms with Gasteiger partial charge in [-0.3, -0.25) is 14.3 Å². The molecule has 10 heteroatoms. The number of hydrogen-bond donors (Lipinski definition) is 4. The minimum Gasteiger partial charge on any atom is -0.391 e. The Hall–Kier alpha value is -1.56. The maximum Gasteiger partial charge on any atom is 0.330 e. The third kappa shape index (κ3) is 2.84. The molecule has 1 saturated heterocycles. The predicted octanol–water partition coefficient (Wildman–Crippen LogP) is -2.89. The topological polar surface area (TPSA) is 149 Å². The Kier molecular flexibility index (Phi) is 5.11. The fraction of sp³-hybridized carbons (Fsp3) is 0.667. The first-order valence-electron chi connectivity index (χ1n) is 6.64. The first kappa shape index (κ1) is 16.8. The minimum absolute atomic E-state index is 0.0291. The highest BCUT2D eigenvalue weighted by Gasteiger charge is 2.57. The van der Waals surface area contributed by atoms with Crippen LogP contribution in [-0.2, 0) is 14.2 Å². The average Bonchev–Trinajstić information content (AvgIpc) is 2.78. The number of ether oxygens (including phenoxy) is 3. The summed E-state index contributed by atoms with van der Waals surface area (Å²) in [5.74, 6) is -1.76. The summed E-state index contributed by atoms with van der Waals surface area (Å²) in [6.45, 7) is -0.483. The third-order valence-corrected chi connectivity index (χ3v) is 3.45. The molecule has 0 bridgehead atoms. The highest BCUT2D eigenvalue weighted by molar-refractivity contribution is 4.98.